The average Bonchev–Trinajstić information content (AvgIpc) is 2.98. The van der Waals surface area contributed by atoms with Gasteiger partial charge in [0.15, 0.2) is 16.3 Å². The van der Waals surface area contributed by atoms with Crippen LogP contribution in [0, 0.1) is 6.92 Å². The molecule has 2 aromatic carbocycles. The molecule has 134 valence electrons. The molecule has 0 unspecified atom stereocenters. The Labute approximate surface area is 159 Å². The maximum Gasteiger partial charge on any atom is 0.292 e. The van der Waals surface area contributed by atoms with Crippen LogP contribution in [0.1, 0.15) is 12.5 Å². The summed E-state index contributed by atoms with van der Waals surface area (Å²) in [5, 5.41) is 0.679. The summed E-state index contributed by atoms with van der Waals surface area (Å²) in [6, 6.07) is 11.1. The molecule has 0 spiro atoms. The van der Waals surface area contributed by atoms with Crippen LogP contribution in [-0.4, -0.2) is 23.2 Å². The number of rotatable bonds is 2. The highest BCUT2D eigenvalue weighted by atomic mass is 35.5. The van der Waals surface area contributed by atoms with Gasteiger partial charge in [-0.15, -0.1) is 0 Å². The Morgan fingerprint density at radius 2 is 2.12 bits per heavy atom. The molecule has 0 saturated carbocycles. The van der Waals surface area contributed by atoms with E-state index in [9.17, 15) is 4.79 Å². The van der Waals surface area contributed by atoms with Gasteiger partial charge in [-0.3, -0.25) is 4.79 Å². The van der Waals surface area contributed by atoms with Crippen molar-refractivity contribution in [3.8, 4) is 11.5 Å². The van der Waals surface area contributed by atoms with E-state index in [1.165, 1.54) is 11.3 Å². The molecule has 4 rings (SSSR count). The Balaban J connectivity index is 1.72. The van der Waals surface area contributed by atoms with Gasteiger partial charge in [0.25, 0.3) is 5.91 Å². The predicted octanol–water partition coefficient (Wildman–Crippen LogP) is 3.95. The number of halogens is 1. The van der Waals surface area contributed by atoms with Crippen molar-refractivity contribution in [2.45, 2.75) is 26.5 Å². The van der Waals surface area contributed by atoms with Gasteiger partial charge in [-0.1, -0.05) is 35.1 Å². The van der Waals surface area contributed by atoms with Gasteiger partial charge < -0.3 is 14.0 Å². The third kappa shape index (κ3) is 2.99. The van der Waals surface area contributed by atoms with E-state index in [1.54, 1.807) is 6.07 Å². The monoisotopic (exact) mass is 388 g/mol. The van der Waals surface area contributed by atoms with Gasteiger partial charge in [0.2, 0.25) is 6.10 Å². The number of thiazole rings is 1. The summed E-state index contributed by atoms with van der Waals surface area (Å²) in [6.07, 6.45) is -0.745. The molecule has 1 atom stereocenters. The van der Waals surface area contributed by atoms with Crippen molar-refractivity contribution in [2.24, 2.45) is 4.99 Å². The van der Waals surface area contributed by atoms with E-state index in [2.05, 4.69) is 4.99 Å². The number of ether oxygens (including phenoxy) is 2. The standard InChI is InChI=1S/C19H17ClN2O3S/c1-3-22-17-11(2)8-12(20)9-16(17)26-19(22)21-18(23)15-10-24-13-6-4-5-7-14(13)25-15/h4-9,15H,3,10H2,1-2H3/t15-/m0/s1. The lowest BCUT2D eigenvalue weighted by Gasteiger charge is -2.23. The highest BCUT2D eigenvalue weighted by Crippen LogP contribution is 2.31. The van der Waals surface area contributed by atoms with Crippen LogP contribution in [-0.2, 0) is 11.3 Å². The highest BCUT2D eigenvalue weighted by molar-refractivity contribution is 7.16. The van der Waals surface area contributed by atoms with Crippen LogP contribution < -0.4 is 14.3 Å². The molecule has 26 heavy (non-hydrogen) atoms. The number of carbonyl (C=O) groups is 1. The van der Waals surface area contributed by atoms with E-state index in [0.717, 1.165) is 15.8 Å². The van der Waals surface area contributed by atoms with E-state index >= 15 is 0 Å². The number of hydrogen-bond acceptors (Lipinski definition) is 4. The number of hydrogen-bond donors (Lipinski definition) is 0. The topological polar surface area (TPSA) is 52.8 Å². The molecule has 1 aliphatic rings. The number of nitrogens with zero attached hydrogens (tertiary/aromatic N) is 2. The predicted molar refractivity (Wildman–Crippen MR) is 102 cm³/mol. The van der Waals surface area contributed by atoms with Gasteiger partial charge in [-0.2, -0.15) is 4.99 Å². The normalized spacial score (nSPS) is 16.9. The first kappa shape index (κ1) is 17.1. The molecule has 0 N–H and O–H groups in total. The summed E-state index contributed by atoms with van der Waals surface area (Å²) >= 11 is 7.62. The highest BCUT2D eigenvalue weighted by Gasteiger charge is 2.27. The number of amides is 1. The van der Waals surface area contributed by atoms with Crippen LogP contribution >= 0.6 is 22.9 Å². The zero-order chi connectivity index (χ0) is 18.3. The largest absolute Gasteiger partial charge is 0.485 e. The zero-order valence-corrected chi connectivity index (χ0v) is 15.9. The second-order valence-corrected chi connectivity index (χ2v) is 7.46. The van der Waals surface area contributed by atoms with Crippen molar-refractivity contribution < 1.29 is 14.3 Å². The quantitative estimate of drug-likeness (QED) is 0.667. The Bertz CT molecular complexity index is 1070. The SMILES string of the molecule is CCn1c(=NC(=O)[C@@H]2COc3ccccc3O2)sc2cc(Cl)cc(C)c21. The fourth-order valence-electron chi connectivity index (χ4n) is 3.06. The fourth-order valence-corrected chi connectivity index (χ4v) is 4.62. The molecule has 0 saturated heterocycles. The summed E-state index contributed by atoms with van der Waals surface area (Å²) in [6.45, 7) is 4.90. The Morgan fingerprint density at radius 1 is 1.35 bits per heavy atom. The van der Waals surface area contributed by atoms with E-state index < -0.39 is 6.10 Å². The Hall–Kier alpha value is -2.31. The van der Waals surface area contributed by atoms with Gasteiger partial charge in [0.1, 0.15) is 6.61 Å². The van der Waals surface area contributed by atoms with Crippen molar-refractivity contribution in [3.05, 3.63) is 51.8 Å². The Kier molecular flexibility index (Phi) is 4.46. The van der Waals surface area contributed by atoms with Crippen molar-refractivity contribution in [2.75, 3.05) is 6.61 Å². The fraction of sp³-hybridized carbons (Fsp3) is 0.263. The van der Waals surface area contributed by atoms with E-state index in [4.69, 9.17) is 21.1 Å². The minimum atomic E-state index is -0.745. The van der Waals surface area contributed by atoms with Gasteiger partial charge in [0.05, 0.1) is 10.2 Å². The average molecular weight is 389 g/mol. The lowest BCUT2D eigenvalue weighted by atomic mass is 10.2. The zero-order valence-electron chi connectivity index (χ0n) is 14.4. The van der Waals surface area contributed by atoms with Crippen LogP contribution in [0.25, 0.3) is 10.2 Å². The van der Waals surface area contributed by atoms with E-state index in [1.807, 2.05) is 48.7 Å². The van der Waals surface area contributed by atoms with Gasteiger partial charge in [-0.25, -0.2) is 0 Å². The van der Waals surface area contributed by atoms with E-state index in [0.29, 0.717) is 27.9 Å². The summed E-state index contributed by atoms with van der Waals surface area (Å²) < 4.78 is 14.4. The lowest BCUT2D eigenvalue weighted by molar-refractivity contribution is -0.127. The number of carbonyl (C=O) groups excluding carboxylic acids is 1. The van der Waals surface area contributed by atoms with E-state index in [-0.39, 0.29) is 12.5 Å². The van der Waals surface area contributed by atoms with Crippen molar-refractivity contribution >= 4 is 39.1 Å². The molecule has 7 heteroatoms. The smallest absolute Gasteiger partial charge is 0.292 e. The van der Waals surface area contributed by atoms with Crippen LogP contribution in [0.4, 0.5) is 0 Å². The molecule has 0 radical (unpaired) electrons. The number of fused-ring (bicyclic) bond motifs is 2. The molecule has 2 heterocycles. The summed E-state index contributed by atoms with van der Waals surface area (Å²) in [5.41, 5.74) is 2.12. The van der Waals surface area contributed by atoms with Crippen molar-refractivity contribution in [1.82, 2.24) is 4.57 Å². The summed E-state index contributed by atoms with van der Waals surface area (Å²) in [5.74, 6) is 0.860. The summed E-state index contributed by atoms with van der Waals surface area (Å²) in [4.78, 5) is 17.6. The molecule has 0 bridgehead atoms. The number of para-hydroxylation sites is 2. The minimum absolute atomic E-state index is 0.154. The second-order valence-electron chi connectivity index (χ2n) is 6.01. The molecule has 1 amide bonds. The van der Waals surface area contributed by atoms with Gasteiger partial charge in [-0.05, 0) is 43.7 Å². The molecule has 0 fully saturated rings. The number of benzene rings is 2. The maximum absolute atomic E-state index is 12.7. The molecular formula is C19H17ClN2O3S. The second kappa shape index (κ2) is 6.78. The molecule has 0 aliphatic carbocycles. The first-order chi connectivity index (χ1) is 12.6. The van der Waals surface area contributed by atoms with Crippen LogP contribution in [0.2, 0.25) is 5.02 Å². The van der Waals surface area contributed by atoms with Gasteiger partial charge in [0, 0.05) is 11.6 Å². The molecular weight excluding hydrogens is 372 g/mol. The van der Waals surface area contributed by atoms with Crippen LogP contribution in [0.15, 0.2) is 41.4 Å². The third-order valence-corrected chi connectivity index (χ3v) is 5.48. The molecule has 3 aromatic rings. The minimum Gasteiger partial charge on any atom is -0.485 e. The van der Waals surface area contributed by atoms with Crippen molar-refractivity contribution in [1.29, 1.82) is 0 Å². The molecule has 5 nitrogen and oxygen atoms in total. The molecule has 1 aromatic heterocycles. The number of aryl methyl sites for hydroxylation is 2. The maximum atomic E-state index is 12.7. The number of aromatic nitrogens is 1. The third-order valence-electron chi connectivity index (χ3n) is 4.24. The first-order valence-corrected chi connectivity index (χ1v) is 9.53. The lowest BCUT2D eigenvalue weighted by Crippen LogP contribution is -2.36. The molecule has 1 aliphatic heterocycles. The van der Waals surface area contributed by atoms with Crippen LogP contribution in [0.3, 0.4) is 0 Å². The Morgan fingerprint density at radius 3 is 2.88 bits per heavy atom. The first-order valence-electron chi connectivity index (χ1n) is 8.33. The van der Waals surface area contributed by atoms with Crippen LogP contribution in [0.5, 0.6) is 11.5 Å². The van der Waals surface area contributed by atoms with Crippen molar-refractivity contribution in [3.63, 3.8) is 0 Å². The summed E-state index contributed by atoms with van der Waals surface area (Å²) in [7, 11) is 0. The van der Waals surface area contributed by atoms with Gasteiger partial charge >= 0.3 is 0 Å².